The molecule has 0 amide bonds. The van der Waals surface area contributed by atoms with Crippen LogP contribution in [0, 0.1) is 0 Å². The van der Waals surface area contributed by atoms with Crippen LogP contribution in [0.4, 0.5) is 0 Å². The Kier molecular flexibility index (Phi) is 7.83. The molecule has 0 bridgehead atoms. The van der Waals surface area contributed by atoms with Crippen molar-refractivity contribution in [2.24, 2.45) is 0 Å². The molecule has 2 unspecified atom stereocenters. The Morgan fingerprint density at radius 2 is 1.91 bits per heavy atom. The number of fused-ring (bicyclic) bond motifs is 1. The van der Waals surface area contributed by atoms with Crippen LogP contribution in [0.15, 0.2) is 43.0 Å². The fourth-order valence-corrected chi connectivity index (χ4v) is 4.23. The predicted molar refractivity (Wildman–Crippen MR) is 127 cm³/mol. The van der Waals surface area contributed by atoms with Gasteiger partial charge in [-0.1, -0.05) is 25.2 Å². The summed E-state index contributed by atoms with van der Waals surface area (Å²) in [6.45, 7) is 9.45. The van der Waals surface area contributed by atoms with Crippen molar-refractivity contribution in [1.82, 2.24) is 4.90 Å². The highest BCUT2D eigenvalue weighted by atomic mass is 16.5. The molecule has 2 aromatic rings. The van der Waals surface area contributed by atoms with Crippen molar-refractivity contribution >= 4 is 6.08 Å². The first-order valence-corrected chi connectivity index (χ1v) is 10.8. The molecule has 172 valence electrons. The van der Waals surface area contributed by atoms with Crippen molar-refractivity contribution in [2.75, 3.05) is 33.9 Å². The lowest BCUT2D eigenvalue weighted by molar-refractivity contribution is 0.199. The van der Waals surface area contributed by atoms with E-state index in [-0.39, 0.29) is 24.4 Å². The van der Waals surface area contributed by atoms with E-state index in [2.05, 4.69) is 19.6 Å². The number of ether oxygens (including phenoxy) is 3. The van der Waals surface area contributed by atoms with E-state index in [0.29, 0.717) is 36.7 Å². The Balaban J connectivity index is 2.00. The summed E-state index contributed by atoms with van der Waals surface area (Å²) in [5, 5.41) is 20.1. The van der Waals surface area contributed by atoms with E-state index in [0.717, 1.165) is 22.4 Å². The smallest absolute Gasteiger partial charge is 0.165 e. The fourth-order valence-electron chi connectivity index (χ4n) is 4.23. The first-order chi connectivity index (χ1) is 15.5. The van der Waals surface area contributed by atoms with E-state index in [4.69, 9.17) is 14.2 Å². The highest BCUT2D eigenvalue weighted by molar-refractivity contribution is 5.62. The number of hydrogen-bond donors (Lipinski definition) is 2. The molecule has 0 spiro atoms. The monoisotopic (exact) mass is 439 g/mol. The van der Waals surface area contributed by atoms with E-state index < -0.39 is 0 Å². The summed E-state index contributed by atoms with van der Waals surface area (Å²) in [7, 11) is 3.19. The minimum absolute atomic E-state index is 0.0256. The first-order valence-electron chi connectivity index (χ1n) is 10.8. The van der Waals surface area contributed by atoms with Crippen LogP contribution in [-0.4, -0.2) is 49.0 Å². The SMILES string of the molecule is C=CCN(CCO)Cc1cc(C2Oc3c(OC)cc(/C=C/C)cc3C2C)cc(OC)c1O. The number of aliphatic hydroxyl groups excluding tert-OH is 1. The maximum absolute atomic E-state index is 10.8. The van der Waals surface area contributed by atoms with Gasteiger partial charge in [-0.25, -0.2) is 0 Å². The van der Waals surface area contributed by atoms with Crippen molar-refractivity contribution in [3.63, 3.8) is 0 Å². The van der Waals surface area contributed by atoms with Gasteiger partial charge in [-0.15, -0.1) is 6.58 Å². The standard InChI is InChI=1S/C26H33NO5/c1-6-8-18-12-21-17(3)25(32-26(21)23(13-18)31-5)19-14-20(24(29)22(15-19)30-4)16-27(9-7-2)10-11-28/h6-8,12-15,17,25,28-29H,2,9-11,16H2,1,3-5H3/b8-6+. The topological polar surface area (TPSA) is 71.4 Å². The average molecular weight is 440 g/mol. The molecule has 32 heavy (non-hydrogen) atoms. The number of hydrogen-bond acceptors (Lipinski definition) is 6. The van der Waals surface area contributed by atoms with E-state index >= 15 is 0 Å². The minimum Gasteiger partial charge on any atom is -0.504 e. The van der Waals surface area contributed by atoms with Gasteiger partial charge in [0.15, 0.2) is 23.0 Å². The molecule has 1 aliphatic heterocycles. The molecule has 1 aliphatic rings. The van der Waals surface area contributed by atoms with Gasteiger partial charge in [-0.3, -0.25) is 4.90 Å². The summed E-state index contributed by atoms with van der Waals surface area (Å²) in [5.74, 6) is 2.03. The van der Waals surface area contributed by atoms with Gasteiger partial charge in [-0.2, -0.15) is 0 Å². The number of nitrogens with zero attached hydrogens (tertiary/aromatic N) is 1. The summed E-state index contributed by atoms with van der Waals surface area (Å²) in [6, 6.07) is 7.89. The van der Waals surface area contributed by atoms with Gasteiger partial charge in [0.2, 0.25) is 0 Å². The zero-order chi connectivity index (χ0) is 23.3. The maximum Gasteiger partial charge on any atom is 0.165 e. The lowest BCUT2D eigenvalue weighted by Crippen LogP contribution is -2.26. The van der Waals surface area contributed by atoms with Crippen LogP contribution in [0.5, 0.6) is 23.0 Å². The highest BCUT2D eigenvalue weighted by Crippen LogP contribution is 2.51. The molecule has 0 saturated heterocycles. The molecule has 0 saturated carbocycles. The Labute approximate surface area is 190 Å². The van der Waals surface area contributed by atoms with E-state index in [9.17, 15) is 10.2 Å². The largest absolute Gasteiger partial charge is 0.504 e. The van der Waals surface area contributed by atoms with Crippen LogP contribution in [0.25, 0.3) is 6.08 Å². The number of phenols is 1. The van der Waals surface area contributed by atoms with Crippen molar-refractivity contribution < 1.29 is 24.4 Å². The third-order valence-corrected chi connectivity index (χ3v) is 5.80. The Bertz CT molecular complexity index is 985. The molecule has 0 radical (unpaired) electrons. The Morgan fingerprint density at radius 3 is 2.53 bits per heavy atom. The average Bonchev–Trinajstić information content (AvgIpc) is 3.11. The van der Waals surface area contributed by atoms with Gasteiger partial charge in [-0.05, 0) is 42.3 Å². The zero-order valence-corrected chi connectivity index (χ0v) is 19.3. The van der Waals surface area contributed by atoms with Gasteiger partial charge in [0.25, 0.3) is 0 Å². The third kappa shape index (κ3) is 4.76. The van der Waals surface area contributed by atoms with Gasteiger partial charge < -0.3 is 24.4 Å². The molecular weight excluding hydrogens is 406 g/mol. The van der Waals surface area contributed by atoms with Crippen LogP contribution in [0.2, 0.25) is 0 Å². The molecule has 3 rings (SSSR count). The first kappa shape index (κ1) is 23.7. The third-order valence-electron chi connectivity index (χ3n) is 5.80. The predicted octanol–water partition coefficient (Wildman–Crippen LogP) is 4.66. The van der Waals surface area contributed by atoms with Crippen LogP contribution in [-0.2, 0) is 6.54 Å². The van der Waals surface area contributed by atoms with Crippen LogP contribution < -0.4 is 14.2 Å². The van der Waals surface area contributed by atoms with Crippen LogP contribution in [0.1, 0.15) is 48.1 Å². The quantitative estimate of drug-likeness (QED) is 0.525. The van der Waals surface area contributed by atoms with Crippen LogP contribution in [0.3, 0.4) is 0 Å². The number of allylic oxidation sites excluding steroid dienone is 1. The zero-order valence-electron chi connectivity index (χ0n) is 19.3. The normalized spacial score (nSPS) is 17.4. The molecule has 1 heterocycles. The second-order valence-electron chi connectivity index (χ2n) is 7.95. The second-order valence-corrected chi connectivity index (χ2v) is 7.95. The Morgan fingerprint density at radius 1 is 1.16 bits per heavy atom. The van der Waals surface area contributed by atoms with Gasteiger partial charge >= 0.3 is 0 Å². The number of methoxy groups -OCH3 is 2. The van der Waals surface area contributed by atoms with Crippen molar-refractivity contribution in [1.29, 1.82) is 0 Å². The van der Waals surface area contributed by atoms with Gasteiger partial charge in [0.05, 0.1) is 20.8 Å². The van der Waals surface area contributed by atoms with E-state index in [1.54, 1.807) is 13.2 Å². The number of rotatable bonds is 10. The molecular formula is C26H33NO5. The number of phenolic OH excluding ortho intramolecular Hbond substituents is 1. The summed E-state index contributed by atoms with van der Waals surface area (Å²) in [6.07, 6.45) is 5.57. The summed E-state index contributed by atoms with van der Waals surface area (Å²) in [5.41, 5.74) is 3.77. The Hall–Kier alpha value is -2.96. The second kappa shape index (κ2) is 10.6. The van der Waals surface area contributed by atoms with E-state index in [1.807, 2.05) is 42.2 Å². The fraction of sp³-hybridized carbons (Fsp3) is 0.385. The van der Waals surface area contributed by atoms with Gasteiger partial charge in [0, 0.05) is 36.7 Å². The molecule has 2 N–H and O–H groups in total. The lowest BCUT2D eigenvalue weighted by Gasteiger charge is -2.23. The molecule has 6 nitrogen and oxygen atoms in total. The van der Waals surface area contributed by atoms with Crippen molar-refractivity contribution in [3.05, 3.63) is 65.3 Å². The number of aliphatic hydroxyl groups is 1. The summed E-state index contributed by atoms with van der Waals surface area (Å²) >= 11 is 0. The summed E-state index contributed by atoms with van der Waals surface area (Å²) < 4.78 is 17.5. The molecule has 0 fully saturated rings. The number of aromatic hydroxyl groups is 1. The maximum atomic E-state index is 10.8. The van der Waals surface area contributed by atoms with Gasteiger partial charge in [0.1, 0.15) is 6.10 Å². The summed E-state index contributed by atoms with van der Waals surface area (Å²) in [4.78, 5) is 2.01. The molecule has 2 atom stereocenters. The molecule has 0 aliphatic carbocycles. The van der Waals surface area contributed by atoms with Crippen LogP contribution >= 0.6 is 0 Å². The lowest BCUT2D eigenvalue weighted by atomic mass is 9.90. The molecule has 6 heteroatoms. The highest BCUT2D eigenvalue weighted by Gasteiger charge is 2.36. The minimum atomic E-state index is -0.251. The number of benzene rings is 2. The molecule has 0 aromatic heterocycles. The van der Waals surface area contributed by atoms with Crippen molar-refractivity contribution in [2.45, 2.75) is 32.4 Å². The van der Waals surface area contributed by atoms with Crippen molar-refractivity contribution in [3.8, 4) is 23.0 Å². The molecule has 2 aromatic carbocycles. The van der Waals surface area contributed by atoms with E-state index in [1.165, 1.54) is 7.11 Å².